The molecule has 1 amide bonds. The first kappa shape index (κ1) is 42.9. The summed E-state index contributed by atoms with van der Waals surface area (Å²) < 4.78 is 13.1. The number of carboxylic acids is 1. The van der Waals surface area contributed by atoms with E-state index in [0.717, 1.165) is 6.42 Å². The van der Waals surface area contributed by atoms with Gasteiger partial charge in [-0.3, -0.25) is 14.4 Å². The summed E-state index contributed by atoms with van der Waals surface area (Å²) in [6.45, 7) is 9.49. The zero-order chi connectivity index (χ0) is 42.0. The highest BCUT2D eigenvalue weighted by Gasteiger charge is 2.63. The van der Waals surface area contributed by atoms with Crippen molar-refractivity contribution in [2.45, 2.75) is 110 Å². The number of hydrogen-bond acceptors (Lipinski definition) is 8. The molecule has 7 rings (SSSR count). The molecule has 0 aromatic carbocycles. The van der Waals surface area contributed by atoms with Crippen molar-refractivity contribution in [3.8, 4) is 0 Å². The second-order valence-electron chi connectivity index (χ2n) is 17.3. The van der Waals surface area contributed by atoms with Crippen molar-refractivity contribution in [1.29, 1.82) is 0 Å². The Morgan fingerprint density at radius 1 is 1.07 bits per heavy atom. The predicted molar refractivity (Wildman–Crippen MR) is 219 cm³/mol. The minimum Gasteiger partial charge on any atom is -0.511 e. The van der Waals surface area contributed by atoms with Crippen molar-refractivity contribution >= 4 is 58.2 Å². The fraction of sp³-hybridized carbons (Fsp3) is 0.591. The summed E-state index contributed by atoms with van der Waals surface area (Å²) in [7, 11) is 0. The van der Waals surface area contributed by atoms with Gasteiger partial charge in [0.2, 0.25) is 0 Å². The van der Waals surface area contributed by atoms with Gasteiger partial charge in [0.05, 0.1) is 40.0 Å². The summed E-state index contributed by atoms with van der Waals surface area (Å²) >= 11 is 18.3. The predicted octanol–water partition coefficient (Wildman–Crippen LogP) is 8.36. The Labute approximate surface area is 353 Å². The molecule has 1 aromatic rings. The number of rotatable bonds is 7. The summed E-state index contributed by atoms with van der Waals surface area (Å²) in [6.07, 6.45) is 14.2. The van der Waals surface area contributed by atoms with Crippen molar-refractivity contribution in [2.75, 3.05) is 0 Å². The van der Waals surface area contributed by atoms with Crippen LogP contribution in [0.2, 0.25) is 15.2 Å². The molecule has 314 valence electrons. The monoisotopic (exact) mass is 858 g/mol. The number of allylic oxidation sites excluding steroid dienone is 8. The van der Waals surface area contributed by atoms with Gasteiger partial charge in [0.15, 0.2) is 17.9 Å². The Hall–Kier alpha value is -3.19. The minimum absolute atomic E-state index is 0.0201. The number of halogens is 3. The van der Waals surface area contributed by atoms with E-state index in [0.29, 0.717) is 32.1 Å². The molecule has 5 aliphatic carbocycles. The van der Waals surface area contributed by atoms with E-state index in [1.54, 1.807) is 13.0 Å². The summed E-state index contributed by atoms with van der Waals surface area (Å²) in [5.41, 5.74) is -2.17. The molecule has 5 N–H and O–H groups in total. The van der Waals surface area contributed by atoms with E-state index in [1.807, 2.05) is 39.0 Å². The molecule has 1 aliphatic heterocycles. The molecule has 1 aromatic heterocycles. The molecular formula is C44H53Cl3N2O9. The fourth-order valence-corrected chi connectivity index (χ4v) is 12.1. The summed E-state index contributed by atoms with van der Waals surface area (Å²) in [6, 6.07) is -0.801. The minimum atomic E-state index is -1.10. The average molecular weight is 860 g/mol. The highest BCUT2D eigenvalue weighted by molar-refractivity contribution is 6.49. The number of nitrogens with one attached hydrogen (secondary N) is 2. The lowest BCUT2D eigenvalue weighted by Crippen LogP contribution is -2.58. The van der Waals surface area contributed by atoms with Crippen molar-refractivity contribution in [3.63, 3.8) is 0 Å². The third kappa shape index (κ3) is 6.95. The number of carboxylic acid groups (broad SMARTS) is 1. The molecule has 2 bridgehead atoms. The van der Waals surface area contributed by atoms with E-state index >= 15 is 4.79 Å². The van der Waals surface area contributed by atoms with Crippen LogP contribution in [0.3, 0.4) is 0 Å². The summed E-state index contributed by atoms with van der Waals surface area (Å²) in [5, 5.41) is 36.7. The first-order valence-corrected chi connectivity index (χ1v) is 21.6. The number of ether oxygens (including phenoxy) is 2. The van der Waals surface area contributed by atoms with Gasteiger partial charge in [-0.25, -0.2) is 4.79 Å². The lowest BCUT2D eigenvalue weighted by Gasteiger charge is -2.54. The molecule has 11 nitrogen and oxygen atoms in total. The number of fused-ring (bicyclic) bond motifs is 3. The number of Topliss-reactive ketones (excluding diaryl/α,β-unsaturated/α-hetero) is 2. The van der Waals surface area contributed by atoms with Gasteiger partial charge in [0, 0.05) is 46.5 Å². The number of carbonyl (C=O) groups excluding carboxylic acids is 3. The van der Waals surface area contributed by atoms with Crippen LogP contribution < -0.4 is 5.32 Å². The standard InChI is InChI=1S/C44H53Cl3N2O9/c1-6-23-25(42(55)56)19-43(5)17-11-9-8-10-12-22-14-15-24-26(44(22,7-2)39(53)30-36(51)29(23)31(43)37(30)52)16-13-20(3)38(24)58-28-18-27(50)34(21(4)57-28)49-41(54)35-32(45)33(46)40(47)48-35/h8,10-11,14-15,17,19-24,26-29,31,34,38,48,50,52H,6-7,9,12-13,16,18H2,1-5H3,(H,49,54)(H,55,56)/b10-8+,17-11+/t20-,21?,22+,23+,24-,26+,27?,28?,29?,31?,34?,38-,43-,44+/m0/s1. The third-order valence-corrected chi connectivity index (χ3v) is 15.5. The van der Waals surface area contributed by atoms with Crippen LogP contribution in [0.4, 0.5) is 0 Å². The second-order valence-corrected chi connectivity index (χ2v) is 18.5. The molecule has 6 unspecified atom stereocenters. The number of aliphatic hydroxyl groups excluding tert-OH is 2. The molecule has 14 atom stereocenters. The highest BCUT2D eigenvalue weighted by atomic mass is 35.5. The normalized spacial score (nSPS) is 41.0. The molecule has 0 spiro atoms. The molecule has 2 heterocycles. The Morgan fingerprint density at radius 3 is 2.45 bits per heavy atom. The quantitative estimate of drug-likeness (QED) is 0.133. The van der Waals surface area contributed by atoms with Gasteiger partial charge in [-0.1, -0.05) is 105 Å². The van der Waals surface area contributed by atoms with Crippen molar-refractivity contribution in [2.24, 2.45) is 52.3 Å². The maximum atomic E-state index is 15.6. The highest BCUT2D eigenvalue weighted by Crippen LogP contribution is 2.61. The van der Waals surface area contributed by atoms with Crippen LogP contribution in [0, 0.1) is 52.3 Å². The van der Waals surface area contributed by atoms with Crippen LogP contribution >= 0.6 is 34.8 Å². The van der Waals surface area contributed by atoms with Gasteiger partial charge in [-0.05, 0) is 63.2 Å². The van der Waals surface area contributed by atoms with Crippen LogP contribution in [0.15, 0.2) is 59.4 Å². The molecule has 58 heavy (non-hydrogen) atoms. The second kappa shape index (κ2) is 16.3. The maximum Gasteiger partial charge on any atom is 0.331 e. The molecule has 2 fully saturated rings. The largest absolute Gasteiger partial charge is 0.511 e. The van der Waals surface area contributed by atoms with Crippen LogP contribution in [-0.2, 0) is 23.9 Å². The Balaban J connectivity index is 1.19. The Morgan fingerprint density at radius 2 is 1.81 bits per heavy atom. The lowest BCUT2D eigenvalue weighted by molar-refractivity contribution is -0.257. The zero-order valence-electron chi connectivity index (χ0n) is 33.3. The van der Waals surface area contributed by atoms with Crippen LogP contribution in [0.1, 0.15) is 90.1 Å². The number of aliphatic hydroxyl groups is 2. The van der Waals surface area contributed by atoms with Gasteiger partial charge in [0.25, 0.3) is 5.91 Å². The smallest absolute Gasteiger partial charge is 0.331 e. The molecular weight excluding hydrogens is 807 g/mol. The fourth-order valence-electron chi connectivity index (χ4n) is 11.5. The van der Waals surface area contributed by atoms with Crippen LogP contribution in [0.5, 0.6) is 0 Å². The lowest BCUT2D eigenvalue weighted by atomic mass is 9.50. The molecule has 1 saturated carbocycles. The summed E-state index contributed by atoms with van der Waals surface area (Å²) in [5.74, 6) is -5.91. The molecule has 0 radical (unpaired) electrons. The van der Waals surface area contributed by atoms with E-state index in [4.69, 9.17) is 44.3 Å². The van der Waals surface area contributed by atoms with E-state index in [9.17, 15) is 29.7 Å². The van der Waals surface area contributed by atoms with Crippen molar-refractivity contribution in [3.05, 3.63) is 80.3 Å². The van der Waals surface area contributed by atoms with Crippen molar-refractivity contribution < 1.29 is 44.0 Å². The van der Waals surface area contributed by atoms with Gasteiger partial charge >= 0.3 is 5.97 Å². The zero-order valence-corrected chi connectivity index (χ0v) is 35.6. The average Bonchev–Trinajstić information content (AvgIpc) is 3.60. The number of aromatic nitrogens is 1. The number of amides is 1. The van der Waals surface area contributed by atoms with Gasteiger partial charge in [-0.15, -0.1) is 0 Å². The molecule has 14 heteroatoms. The molecule has 6 aliphatic rings. The molecule has 1 saturated heterocycles. The number of hydrogen-bond donors (Lipinski definition) is 5. The van der Waals surface area contributed by atoms with Crippen LogP contribution in [-0.4, -0.2) is 74.4 Å². The van der Waals surface area contributed by atoms with Crippen LogP contribution in [0.25, 0.3) is 0 Å². The number of aromatic amines is 1. The van der Waals surface area contributed by atoms with E-state index in [-0.39, 0.29) is 73.7 Å². The number of carbonyl (C=O) groups is 4. The SMILES string of the molecule is CC[C@@H]1C(C(=O)O)=C[C@]2(C)/C=C/C/C=C/C[C@@H]3C=C[C@@H]4[C@@H](OC5CC(O)C(NC(=O)c6[nH]c(Cl)c(Cl)c6Cl)C(C)O5)[C@@H](C)CC[C@H]4[C@]3(CC)C(=O)C3=C(O)C2C1C3=O. The Bertz CT molecular complexity index is 2010. The number of aliphatic carboxylic acids is 1. The summed E-state index contributed by atoms with van der Waals surface area (Å²) in [4.78, 5) is 58.8. The van der Waals surface area contributed by atoms with E-state index in [2.05, 4.69) is 35.5 Å². The topological polar surface area (TPSA) is 175 Å². The van der Waals surface area contributed by atoms with E-state index in [1.165, 1.54) is 0 Å². The third-order valence-electron chi connectivity index (χ3n) is 14.3. The van der Waals surface area contributed by atoms with Gasteiger partial charge in [-0.2, -0.15) is 0 Å². The number of ketones is 2. The van der Waals surface area contributed by atoms with Gasteiger partial charge in [0.1, 0.15) is 16.6 Å². The first-order chi connectivity index (χ1) is 27.5. The number of H-pyrrole nitrogens is 1. The maximum absolute atomic E-state index is 15.6. The van der Waals surface area contributed by atoms with Gasteiger partial charge < -0.3 is 35.1 Å². The Kier molecular flexibility index (Phi) is 12.1. The first-order valence-electron chi connectivity index (χ1n) is 20.5. The van der Waals surface area contributed by atoms with E-state index < -0.39 is 76.9 Å². The van der Waals surface area contributed by atoms with Crippen molar-refractivity contribution in [1.82, 2.24) is 10.3 Å².